The molecule has 3 aromatic rings. The van der Waals surface area contributed by atoms with Crippen LogP contribution in [0.3, 0.4) is 0 Å². The summed E-state index contributed by atoms with van der Waals surface area (Å²) in [6.07, 6.45) is 2.03. The zero-order chi connectivity index (χ0) is 17.6. The van der Waals surface area contributed by atoms with Gasteiger partial charge in [-0.15, -0.1) is 0 Å². The van der Waals surface area contributed by atoms with Crippen LogP contribution in [0.1, 0.15) is 30.2 Å². The van der Waals surface area contributed by atoms with Crippen LogP contribution in [0.25, 0.3) is 5.78 Å². The first-order valence-electron chi connectivity index (χ1n) is 8.29. The van der Waals surface area contributed by atoms with Crippen molar-refractivity contribution in [3.8, 4) is 0 Å². The van der Waals surface area contributed by atoms with E-state index in [2.05, 4.69) is 61.0 Å². The molecule has 1 atom stereocenters. The molecule has 1 unspecified atom stereocenters. The van der Waals surface area contributed by atoms with Crippen molar-refractivity contribution in [2.75, 3.05) is 5.73 Å². The molecule has 0 saturated carbocycles. The number of benzene rings is 1. The molecule has 0 spiro atoms. The highest BCUT2D eigenvalue weighted by molar-refractivity contribution is 9.10. The van der Waals surface area contributed by atoms with Gasteiger partial charge in [0.05, 0.1) is 5.69 Å². The van der Waals surface area contributed by atoms with Crippen LogP contribution in [-0.2, 0) is 19.5 Å². The standard InChI is InChI=1S/C17H19BrN6O/c1-2-12-7-13-10(4-3-5-14(13)18)8-23(12)9-11-6-15(25)24-17(20-11)21-16(19)22-24/h3-6,12H,2,7-9H2,1H3,(H3,19,20,21,22). The Hall–Kier alpha value is -2.19. The lowest BCUT2D eigenvalue weighted by Gasteiger charge is -2.36. The third-order valence-electron chi connectivity index (χ3n) is 4.78. The Kier molecular flexibility index (Phi) is 4.09. The van der Waals surface area contributed by atoms with Gasteiger partial charge in [0.2, 0.25) is 5.95 Å². The van der Waals surface area contributed by atoms with E-state index in [4.69, 9.17) is 5.73 Å². The normalized spacial score (nSPS) is 17.8. The quantitative estimate of drug-likeness (QED) is 0.699. The summed E-state index contributed by atoms with van der Waals surface area (Å²) < 4.78 is 2.44. The second-order valence-corrected chi connectivity index (χ2v) is 7.23. The molecule has 0 saturated heterocycles. The SMILES string of the molecule is CCC1Cc2c(Br)cccc2CN1Cc1cc(=O)n2[nH]c(N)nc2n1. The Morgan fingerprint density at radius 1 is 1.40 bits per heavy atom. The fourth-order valence-electron chi connectivity index (χ4n) is 3.51. The Morgan fingerprint density at radius 3 is 3.04 bits per heavy atom. The molecule has 0 radical (unpaired) electrons. The van der Waals surface area contributed by atoms with Crippen molar-refractivity contribution in [1.82, 2.24) is 24.5 Å². The molecule has 3 N–H and O–H groups in total. The Balaban J connectivity index is 1.66. The van der Waals surface area contributed by atoms with Crippen LogP contribution in [0.5, 0.6) is 0 Å². The number of hydrogen-bond acceptors (Lipinski definition) is 5. The van der Waals surface area contributed by atoms with E-state index in [1.165, 1.54) is 20.1 Å². The van der Waals surface area contributed by atoms with Crippen LogP contribution in [0.2, 0.25) is 0 Å². The molecule has 3 heterocycles. The van der Waals surface area contributed by atoms with Gasteiger partial charge in [-0.1, -0.05) is 35.0 Å². The van der Waals surface area contributed by atoms with Crippen LogP contribution in [0.4, 0.5) is 5.95 Å². The fourth-order valence-corrected chi connectivity index (χ4v) is 4.08. The molecular formula is C17H19BrN6O. The number of hydrogen-bond donors (Lipinski definition) is 2. The Morgan fingerprint density at radius 2 is 2.24 bits per heavy atom. The summed E-state index contributed by atoms with van der Waals surface area (Å²) in [5.74, 6) is 0.498. The van der Waals surface area contributed by atoms with E-state index in [1.54, 1.807) is 6.07 Å². The molecule has 4 rings (SSSR count). The fraction of sp³-hybridized carbons (Fsp3) is 0.353. The summed E-state index contributed by atoms with van der Waals surface area (Å²) >= 11 is 3.67. The molecule has 1 aliphatic rings. The maximum atomic E-state index is 12.2. The predicted octanol–water partition coefficient (Wildman–Crippen LogP) is 2.10. The first kappa shape index (κ1) is 16.3. The van der Waals surface area contributed by atoms with Crippen molar-refractivity contribution in [2.45, 2.75) is 38.9 Å². The second-order valence-electron chi connectivity index (χ2n) is 6.38. The van der Waals surface area contributed by atoms with Gasteiger partial charge >= 0.3 is 0 Å². The number of fused-ring (bicyclic) bond motifs is 2. The van der Waals surface area contributed by atoms with Gasteiger partial charge in [0.15, 0.2) is 0 Å². The van der Waals surface area contributed by atoms with Crippen molar-refractivity contribution in [3.05, 3.63) is 55.9 Å². The maximum Gasteiger partial charge on any atom is 0.274 e. The molecular weight excluding hydrogens is 384 g/mol. The number of nitrogen functional groups attached to an aromatic ring is 1. The van der Waals surface area contributed by atoms with Gasteiger partial charge in [0, 0.05) is 29.7 Å². The van der Waals surface area contributed by atoms with Gasteiger partial charge < -0.3 is 5.73 Å². The van der Waals surface area contributed by atoms with E-state index in [0.717, 1.165) is 19.4 Å². The van der Waals surface area contributed by atoms with E-state index >= 15 is 0 Å². The molecule has 2 aromatic heterocycles. The molecule has 1 aromatic carbocycles. The number of aromatic amines is 1. The lowest BCUT2D eigenvalue weighted by atomic mass is 9.92. The van der Waals surface area contributed by atoms with Crippen LogP contribution >= 0.6 is 15.9 Å². The number of rotatable bonds is 3. The predicted molar refractivity (Wildman–Crippen MR) is 99.2 cm³/mol. The van der Waals surface area contributed by atoms with E-state index in [9.17, 15) is 4.79 Å². The minimum Gasteiger partial charge on any atom is -0.368 e. The summed E-state index contributed by atoms with van der Waals surface area (Å²) in [5, 5.41) is 2.69. The molecule has 130 valence electrons. The molecule has 0 bridgehead atoms. The molecule has 7 nitrogen and oxygen atoms in total. The van der Waals surface area contributed by atoms with Gasteiger partial charge in [-0.3, -0.25) is 14.8 Å². The van der Waals surface area contributed by atoms with Crippen LogP contribution < -0.4 is 11.3 Å². The van der Waals surface area contributed by atoms with Gasteiger partial charge in [-0.05, 0) is 30.0 Å². The topological polar surface area (TPSA) is 92.3 Å². The second kappa shape index (κ2) is 6.27. The van der Waals surface area contributed by atoms with Crippen molar-refractivity contribution < 1.29 is 0 Å². The summed E-state index contributed by atoms with van der Waals surface area (Å²) in [7, 11) is 0. The van der Waals surface area contributed by atoms with E-state index < -0.39 is 0 Å². The molecule has 0 aliphatic carbocycles. The number of H-pyrrole nitrogens is 1. The third kappa shape index (κ3) is 2.96. The Bertz CT molecular complexity index is 994. The highest BCUT2D eigenvalue weighted by atomic mass is 79.9. The van der Waals surface area contributed by atoms with Crippen LogP contribution in [0, 0.1) is 0 Å². The average Bonchev–Trinajstić information content (AvgIpc) is 2.95. The highest BCUT2D eigenvalue weighted by Gasteiger charge is 2.26. The van der Waals surface area contributed by atoms with E-state index in [-0.39, 0.29) is 11.5 Å². The van der Waals surface area contributed by atoms with Crippen molar-refractivity contribution >= 4 is 27.7 Å². The number of halogens is 1. The molecule has 1 aliphatic heterocycles. The smallest absolute Gasteiger partial charge is 0.274 e. The molecule has 0 amide bonds. The summed E-state index contributed by atoms with van der Waals surface area (Å²) in [6.45, 7) is 3.65. The number of nitrogens with two attached hydrogens (primary N) is 1. The minimum atomic E-state index is -0.197. The first-order valence-corrected chi connectivity index (χ1v) is 9.09. The minimum absolute atomic E-state index is 0.185. The monoisotopic (exact) mass is 402 g/mol. The van der Waals surface area contributed by atoms with E-state index in [0.29, 0.717) is 24.1 Å². The van der Waals surface area contributed by atoms with E-state index in [1.807, 2.05) is 0 Å². The molecule has 0 fully saturated rings. The largest absolute Gasteiger partial charge is 0.368 e. The zero-order valence-electron chi connectivity index (χ0n) is 13.9. The number of nitrogens with zero attached hydrogens (tertiary/aromatic N) is 4. The van der Waals surface area contributed by atoms with Crippen molar-refractivity contribution in [2.24, 2.45) is 0 Å². The molecule has 8 heteroatoms. The van der Waals surface area contributed by atoms with Gasteiger partial charge in [0.25, 0.3) is 11.3 Å². The Labute approximate surface area is 153 Å². The summed E-state index contributed by atoms with van der Waals surface area (Å²) in [4.78, 5) is 23.1. The lowest BCUT2D eigenvalue weighted by Crippen LogP contribution is -2.40. The molecule has 25 heavy (non-hydrogen) atoms. The van der Waals surface area contributed by atoms with Gasteiger partial charge in [0.1, 0.15) is 0 Å². The maximum absolute atomic E-state index is 12.2. The van der Waals surface area contributed by atoms with Crippen molar-refractivity contribution in [1.29, 1.82) is 0 Å². The average molecular weight is 403 g/mol. The summed E-state index contributed by atoms with van der Waals surface area (Å²) in [5.41, 5.74) is 8.85. The van der Waals surface area contributed by atoms with Crippen LogP contribution in [0.15, 0.2) is 33.5 Å². The zero-order valence-corrected chi connectivity index (χ0v) is 15.5. The first-order chi connectivity index (χ1) is 12.0. The van der Waals surface area contributed by atoms with Gasteiger partial charge in [-0.25, -0.2) is 4.98 Å². The van der Waals surface area contributed by atoms with Crippen LogP contribution in [-0.4, -0.2) is 30.5 Å². The van der Waals surface area contributed by atoms with Crippen molar-refractivity contribution in [3.63, 3.8) is 0 Å². The third-order valence-corrected chi connectivity index (χ3v) is 5.53. The van der Waals surface area contributed by atoms with Gasteiger partial charge in [-0.2, -0.15) is 9.50 Å². The number of anilines is 1. The summed E-state index contributed by atoms with van der Waals surface area (Å²) in [6, 6.07) is 8.29. The lowest BCUT2D eigenvalue weighted by molar-refractivity contribution is 0.155. The number of aromatic nitrogens is 4. The number of nitrogens with one attached hydrogen (secondary N) is 1. The highest BCUT2D eigenvalue weighted by Crippen LogP contribution is 2.31.